The lowest BCUT2D eigenvalue weighted by Crippen LogP contribution is -2.40. The average Bonchev–Trinajstić information content (AvgIpc) is 3.10. The summed E-state index contributed by atoms with van der Waals surface area (Å²) in [6, 6.07) is 14.0. The molecule has 0 saturated heterocycles. The van der Waals surface area contributed by atoms with Crippen LogP contribution in [0, 0.1) is 0 Å². The van der Waals surface area contributed by atoms with Crippen LogP contribution < -0.4 is 4.57 Å². The van der Waals surface area contributed by atoms with E-state index >= 15 is 0 Å². The molecule has 268 valence electrons. The van der Waals surface area contributed by atoms with E-state index in [9.17, 15) is 0 Å². The minimum absolute atomic E-state index is 0.432. The van der Waals surface area contributed by atoms with Gasteiger partial charge in [0.2, 0.25) is 0 Å². The maximum Gasteiger partial charge on any atom is 0.183 e. The molecule has 1 aromatic carbocycles. The van der Waals surface area contributed by atoms with Gasteiger partial charge in [0.05, 0.1) is 0 Å². The molecule has 0 fully saturated rings. The first-order valence-electron chi connectivity index (χ1n) is 21.4. The van der Waals surface area contributed by atoms with Gasteiger partial charge < -0.3 is 0 Å². The molecular formula is C46H80N+. The summed E-state index contributed by atoms with van der Waals surface area (Å²) in [5, 5.41) is 0. The average molecular weight is 647 g/mol. The van der Waals surface area contributed by atoms with Crippen LogP contribution in [-0.2, 0) is 12.8 Å². The van der Waals surface area contributed by atoms with Gasteiger partial charge in [0.25, 0.3) is 0 Å². The molecule has 1 heteroatoms. The first-order valence-corrected chi connectivity index (χ1v) is 21.4. The predicted octanol–water partition coefficient (Wildman–Crippen LogP) is 15.0. The Morgan fingerprint density at radius 1 is 0.404 bits per heavy atom. The van der Waals surface area contributed by atoms with Crippen LogP contribution in [0.3, 0.4) is 0 Å². The van der Waals surface area contributed by atoms with Crippen LogP contribution in [0.2, 0.25) is 0 Å². The van der Waals surface area contributed by atoms with E-state index in [4.69, 9.17) is 0 Å². The number of hydrogen-bond acceptors (Lipinski definition) is 0. The number of rotatable bonds is 33. The standard InChI is InChI=1S/C46H80N/c1-4-7-9-11-13-15-17-19-21-23-25-27-29-32-36-43-40-41-47(46(6-3)44-37-34-31-35-38-44)42-45(43)39-33-30-28-26-24-22-20-18-16-14-12-10-8-5-2/h31,34-35,37-38,40-42,46H,4-30,32-33,36,39H2,1-3H3/q+1. The summed E-state index contributed by atoms with van der Waals surface area (Å²) in [5.74, 6) is 0. The molecule has 0 spiro atoms. The summed E-state index contributed by atoms with van der Waals surface area (Å²) >= 11 is 0. The van der Waals surface area contributed by atoms with Gasteiger partial charge in [0.15, 0.2) is 18.4 Å². The van der Waals surface area contributed by atoms with Crippen molar-refractivity contribution in [2.75, 3.05) is 0 Å². The maximum atomic E-state index is 2.53. The third kappa shape index (κ3) is 21.1. The summed E-state index contributed by atoms with van der Waals surface area (Å²) < 4.78 is 2.52. The van der Waals surface area contributed by atoms with E-state index in [1.807, 2.05) is 0 Å². The van der Waals surface area contributed by atoms with E-state index in [1.54, 1.807) is 11.1 Å². The van der Waals surface area contributed by atoms with E-state index in [0.29, 0.717) is 6.04 Å². The van der Waals surface area contributed by atoms with Crippen molar-refractivity contribution >= 4 is 0 Å². The lowest BCUT2D eigenvalue weighted by molar-refractivity contribution is -0.714. The van der Waals surface area contributed by atoms with Crippen LogP contribution in [0.5, 0.6) is 0 Å². The van der Waals surface area contributed by atoms with Crippen LogP contribution in [0.25, 0.3) is 0 Å². The highest BCUT2D eigenvalue weighted by atomic mass is 15.0. The van der Waals surface area contributed by atoms with Gasteiger partial charge in [-0.2, -0.15) is 4.57 Å². The summed E-state index contributed by atoms with van der Waals surface area (Å²) in [4.78, 5) is 0. The first kappa shape index (κ1) is 41.5. The minimum Gasteiger partial charge on any atom is -0.198 e. The molecule has 47 heavy (non-hydrogen) atoms. The Bertz CT molecular complexity index is 933. The van der Waals surface area contributed by atoms with E-state index in [2.05, 4.69) is 74.1 Å². The quantitative estimate of drug-likeness (QED) is 0.0536. The first-order chi connectivity index (χ1) is 23.3. The monoisotopic (exact) mass is 647 g/mol. The highest BCUT2D eigenvalue weighted by molar-refractivity contribution is 5.23. The van der Waals surface area contributed by atoms with E-state index in [0.717, 1.165) is 6.42 Å². The second kappa shape index (κ2) is 30.4. The highest BCUT2D eigenvalue weighted by Crippen LogP contribution is 2.21. The third-order valence-electron chi connectivity index (χ3n) is 10.7. The molecule has 1 unspecified atom stereocenters. The Kier molecular flexibility index (Phi) is 26.9. The molecule has 1 heterocycles. The van der Waals surface area contributed by atoms with Crippen molar-refractivity contribution < 1.29 is 4.57 Å². The minimum atomic E-state index is 0.432. The smallest absolute Gasteiger partial charge is 0.183 e. The molecular weight excluding hydrogens is 567 g/mol. The van der Waals surface area contributed by atoms with Gasteiger partial charge in [0.1, 0.15) is 0 Å². The summed E-state index contributed by atoms with van der Waals surface area (Å²) in [6.07, 6.45) is 48.6. The Balaban J connectivity index is 1.69. The molecule has 0 aliphatic rings. The van der Waals surface area contributed by atoms with Crippen molar-refractivity contribution in [1.29, 1.82) is 0 Å². The van der Waals surface area contributed by atoms with Crippen LogP contribution in [-0.4, -0.2) is 0 Å². The van der Waals surface area contributed by atoms with Gasteiger partial charge in [-0.1, -0.05) is 218 Å². The van der Waals surface area contributed by atoms with Crippen molar-refractivity contribution in [3.05, 3.63) is 65.5 Å². The Labute approximate surface area is 295 Å². The van der Waals surface area contributed by atoms with Crippen LogP contribution in [0.15, 0.2) is 48.8 Å². The van der Waals surface area contributed by atoms with Gasteiger partial charge >= 0.3 is 0 Å². The lowest BCUT2D eigenvalue weighted by Gasteiger charge is -2.14. The second-order valence-corrected chi connectivity index (χ2v) is 15.0. The van der Waals surface area contributed by atoms with Gasteiger partial charge in [-0.15, -0.1) is 0 Å². The zero-order valence-electron chi connectivity index (χ0n) is 32.1. The van der Waals surface area contributed by atoms with Gasteiger partial charge in [-0.3, -0.25) is 0 Å². The number of pyridine rings is 1. The van der Waals surface area contributed by atoms with E-state index in [-0.39, 0.29) is 0 Å². The van der Waals surface area contributed by atoms with Crippen LogP contribution >= 0.6 is 0 Å². The Hall–Kier alpha value is -1.63. The molecule has 2 rings (SSSR count). The number of unbranched alkanes of at least 4 members (excludes halogenated alkanes) is 26. The second-order valence-electron chi connectivity index (χ2n) is 15.0. The predicted molar refractivity (Wildman–Crippen MR) is 210 cm³/mol. The van der Waals surface area contributed by atoms with Crippen LogP contribution in [0.4, 0.5) is 0 Å². The van der Waals surface area contributed by atoms with E-state index in [1.165, 1.54) is 198 Å². The van der Waals surface area contributed by atoms with Crippen molar-refractivity contribution in [2.45, 2.75) is 226 Å². The normalized spacial score (nSPS) is 12.1. The van der Waals surface area contributed by atoms with E-state index < -0.39 is 0 Å². The summed E-state index contributed by atoms with van der Waals surface area (Å²) in [6.45, 7) is 6.95. The lowest BCUT2D eigenvalue weighted by atomic mass is 9.96. The molecule has 0 bridgehead atoms. The largest absolute Gasteiger partial charge is 0.198 e. The highest BCUT2D eigenvalue weighted by Gasteiger charge is 2.20. The molecule has 0 N–H and O–H groups in total. The van der Waals surface area contributed by atoms with Crippen LogP contribution in [0.1, 0.15) is 230 Å². The van der Waals surface area contributed by atoms with Gasteiger partial charge in [-0.05, 0) is 31.2 Å². The van der Waals surface area contributed by atoms with Gasteiger partial charge in [0, 0.05) is 23.6 Å². The fourth-order valence-electron chi connectivity index (χ4n) is 7.57. The number of aromatic nitrogens is 1. The summed E-state index contributed by atoms with van der Waals surface area (Å²) in [5.41, 5.74) is 4.68. The fourth-order valence-corrected chi connectivity index (χ4v) is 7.57. The number of aryl methyl sites for hydroxylation is 2. The SMILES string of the molecule is CCCCCCCCCCCCCCCCc1cc[n+](C(CC)c2ccccc2)cc1CCCCCCCCCCCCCCCC. The topological polar surface area (TPSA) is 3.88 Å². The molecule has 1 aromatic heterocycles. The van der Waals surface area contributed by atoms with Crippen molar-refractivity contribution in [2.24, 2.45) is 0 Å². The van der Waals surface area contributed by atoms with Crippen molar-refractivity contribution in [3.8, 4) is 0 Å². The van der Waals surface area contributed by atoms with Gasteiger partial charge in [-0.25, -0.2) is 0 Å². The molecule has 1 atom stereocenters. The third-order valence-corrected chi connectivity index (χ3v) is 10.7. The zero-order chi connectivity index (χ0) is 33.5. The molecule has 1 nitrogen and oxygen atoms in total. The number of benzene rings is 1. The molecule has 0 aliphatic heterocycles. The van der Waals surface area contributed by atoms with Crippen molar-refractivity contribution in [3.63, 3.8) is 0 Å². The van der Waals surface area contributed by atoms with Crippen molar-refractivity contribution in [1.82, 2.24) is 0 Å². The Morgan fingerprint density at radius 2 is 0.766 bits per heavy atom. The molecule has 0 amide bonds. The maximum absolute atomic E-state index is 2.53. The Morgan fingerprint density at radius 3 is 1.15 bits per heavy atom. The molecule has 2 aromatic rings. The number of hydrogen-bond donors (Lipinski definition) is 0. The molecule has 0 radical (unpaired) electrons. The summed E-state index contributed by atoms with van der Waals surface area (Å²) in [7, 11) is 0. The molecule has 0 aliphatic carbocycles. The fraction of sp³-hybridized carbons (Fsp3) is 0.761. The number of nitrogens with zero attached hydrogens (tertiary/aromatic N) is 1. The molecule has 0 saturated carbocycles. The zero-order valence-corrected chi connectivity index (χ0v) is 32.1.